The molecular formula is C32H20InN8O. The SMILES string of the molecule is O.[In].c1ccc2c(c1)-c1nc-2nc2[nH]c(nc3nc(nc4[nH]c(n1)c1ccccc41)-c1ccccc1-3)c1ccccc21. The first-order valence-corrected chi connectivity index (χ1v) is 13.0. The zero-order chi connectivity index (χ0) is 26.2. The summed E-state index contributed by atoms with van der Waals surface area (Å²) in [5, 5.41) is 3.82. The van der Waals surface area contributed by atoms with E-state index in [1.54, 1.807) is 0 Å². The van der Waals surface area contributed by atoms with Crippen molar-refractivity contribution >= 4 is 70.0 Å². The van der Waals surface area contributed by atoms with E-state index < -0.39 is 0 Å². The molecule has 3 radical (unpaired) electrons. The second-order valence-electron chi connectivity index (χ2n) is 9.79. The van der Waals surface area contributed by atoms with Crippen molar-refractivity contribution in [1.29, 1.82) is 0 Å². The Hall–Kier alpha value is -4.93. The second-order valence-corrected chi connectivity index (χ2v) is 9.79. The molecule has 3 aromatic heterocycles. The van der Waals surface area contributed by atoms with Crippen LogP contribution in [0.15, 0.2) is 97.1 Å². The number of aromatic nitrogens is 8. The maximum atomic E-state index is 5.02. The smallest absolute Gasteiger partial charge is 0.164 e. The summed E-state index contributed by atoms with van der Waals surface area (Å²) in [6.07, 6.45) is 0. The van der Waals surface area contributed by atoms with Gasteiger partial charge in [-0.05, 0) is 0 Å². The van der Waals surface area contributed by atoms with Crippen LogP contribution >= 0.6 is 0 Å². The fourth-order valence-corrected chi connectivity index (χ4v) is 5.59. The molecule has 0 fully saturated rings. The average Bonchev–Trinajstić information content (AvgIpc) is 3.73. The quantitative estimate of drug-likeness (QED) is 0.218. The van der Waals surface area contributed by atoms with Gasteiger partial charge in [-0.3, -0.25) is 0 Å². The molecule has 9 nitrogen and oxygen atoms in total. The summed E-state index contributed by atoms with van der Waals surface area (Å²) >= 11 is 0. The van der Waals surface area contributed by atoms with Crippen LogP contribution in [0.2, 0.25) is 0 Å². The Morgan fingerprint density at radius 3 is 0.833 bits per heavy atom. The van der Waals surface area contributed by atoms with Gasteiger partial charge in [0.05, 0.1) is 0 Å². The van der Waals surface area contributed by atoms with Crippen molar-refractivity contribution in [2.24, 2.45) is 0 Å². The predicted octanol–water partition coefficient (Wildman–Crippen LogP) is 5.66. The summed E-state index contributed by atoms with van der Waals surface area (Å²) in [4.78, 5) is 36.8. The molecule has 197 valence electrons. The van der Waals surface area contributed by atoms with Crippen molar-refractivity contribution in [3.63, 3.8) is 0 Å². The fraction of sp³-hybridized carbons (Fsp3) is 0. The van der Waals surface area contributed by atoms with E-state index in [4.69, 9.17) is 29.9 Å². The zero-order valence-corrected chi connectivity index (χ0v) is 25.3. The molecule has 7 aromatic rings. The standard InChI is InChI=1S/C32H18N8.In.H2O/c1-2-10-18-17(9-1)25-33-26(18)38-28-21-13-5-6-14-22(21)30(35-28)40-32-24-16-8-7-15-23(24)31(36-32)39-29-20-12-4-3-11-19(20)27(34-29)37-25;;/h1-16H,(H2,33,34,35,36,37,38,39,40);;1H2. The number of nitrogens with zero attached hydrogens (tertiary/aromatic N) is 6. The van der Waals surface area contributed by atoms with Crippen LogP contribution in [0.3, 0.4) is 0 Å². The van der Waals surface area contributed by atoms with Crippen LogP contribution in [-0.4, -0.2) is 71.2 Å². The topological polar surface area (TPSA) is 140 Å². The van der Waals surface area contributed by atoms with E-state index in [1.165, 1.54) is 0 Å². The third-order valence-electron chi connectivity index (χ3n) is 7.46. The first kappa shape index (κ1) is 26.0. The Bertz CT molecular complexity index is 2040. The average molecular weight is 647 g/mol. The van der Waals surface area contributed by atoms with Crippen LogP contribution in [0.5, 0.6) is 0 Å². The number of rotatable bonds is 0. The summed E-state index contributed by atoms with van der Waals surface area (Å²) in [5.74, 6) is 2.39. The summed E-state index contributed by atoms with van der Waals surface area (Å²) < 4.78 is 0. The number of fused-ring (bicyclic) bond motifs is 20. The monoisotopic (exact) mass is 647 g/mol. The van der Waals surface area contributed by atoms with E-state index in [9.17, 15) is 0 Å². The molecule has 2 aliphatic rings. The first-order chi connectivity index (χ1) is 19.8. The number of benzene rings is 4. The predicted molar refractivity (Wildman–Crippen MR) is 165 cm³/mol. The van der Waals surface area contributed by atoms with Gasteiger partial charge in [-0.25, -0.2) is 29.9 Å². The second kappa shape index (κ2) is 9.86. The number of hydrogen-bond donors (Lipinski definition) is 2. The summed E-state index contributed by atoms with van der Waals surface area (Å²) in [7, 11) is 0. The molecule has 42 heavy (non-hydrogen) atoms. The minimum absolute atomic E-state index is 0. The maximum Gasteiger partial charge on any atom is 0.164 e. The van der Waals surface area contributed by atoms with Crippen molar-refractivity contribution in [2.75, 3.05) is 0 Å². The Balaban J connectivity index is 0.00000144. The van der Waals surface area contributed by atoms with Crippen LogP contribution in [0, 0.1) is 0 Å². The van der Waals surface area contributed by atoms with Crippen molar-refractivity contribution in [3.8, 4) is 45.6 Å². The van der Waals surface area contributed by atoms with Crippen LogP contribution in [-0.2, 0) is 0 Å². The van der Waals surface area contributed by atoms with Crippen LogP contribution < -0.4 is 0 Å². The molecule has 4 N–H and O–H groups in total. The largest absolute Gasteiger partial charge is 0.412 e. The summed E-state index contributed by atoms with van der Waals surface area (Å²) in [5.41, 5.74) is 6.45. The molecule has 0 saturated heterocycles. The molecule has 0 spiro atoms. The van der Waals surface area contributed by atoms with Gasteiger partial charge < -0.3 is 15.4 Å². The molecule has 10 heteroatoms. The van der Waals surface area contributed by atoms with Gasteiger partial charge in [0, 0.05) is 69.6 Å². The Morgan fingerprint density at radius 1 is 0.333 bits per heavy atom. The molecule has 4 aromatic carbocycles. The van der Waals surface area contributed by atoms with Gasteiger partial charge >= 0.3 is 0 Å². The minimum Gasteiger partial charge on any atom is -0.412 e. The van der Waals surface area contributed by atoms with Gasteiger partial charge in [0.25, 0.3) is 0 Å². The molecule has 0 amide bonds. The molecule has 5 heterocycles. The molecule has 0 aliphatic carbocycles. The fourth-order valence-electron chi connectivity index (χ4n) is 5.59. The zero-order valence-electron chi connectivity index (χ0n) is 22.0. The molecule has 0 unspecified atom stereocenters. The summed E-state index contributed by atoms with van der Waals surface area (Å²) in [6.45, 7) is 0. The summed E-state index contributed by atoms with van der Waals surface area (Å²) in [6, 6.07) is 32.2. The normalized spacial score (nSPS) is 11.4. The van der Waals surface area contributed by atoms with Gasteiger partial charge in [0.1, 0.15) is 22.6 Å². The molecule has 8 bridgehead atoms. The Morgan fingerprint density at radius 2 is 0.571 bits per heavy atom. The van der Waals surface area contributed by atoms with Crippen LogP contribution in [0.25, 0.3) is 89.7 Å². The van der Waals surface area contributed by atoms with E-state index in [1.807, 2.05) is 97.1 Å². The van der Waals surface area contributed by atoms with Gasteiger partial charge in [-0.2, -0.15) is 0 Å². The number of nitrogens with one attached hydrogen (secondary N) is 2. The number of aromatic amines is 2. The Kier molecular flexibility index (Phi) is 6.10. The molecule has 2 aliphatic heterocycles. The molecule has 0 atom stereocenters. The van der Waals surface area contributed by atoms with E-state index >= 15 is 0 Å². The van der Waals surface area contributed by atoms with E-state index in [0.29, 0.717) is 45.9 Å². The van der Waals surface area contributed by atoms with Gasteiger partial charge in [0.15, 0.2) is 23.3 Å². The minimum atomic E-state index is 0. The Labute approximate surface area is 256 Å². The van der Waals surface area contributed by atoms with E-state index in [0.717, 1.165) is 43.8 Å². The maximum absolute atomic E-state index is 5.02. The molecule has 0 saturated carbocycles. The number of hydrogen-bond acceptors (Lipinski definition) is 6. The van der Waals surface area contributed by atoms with Gasteiger partial charge in [-0.1, -0.05) is 97.1 Å². The van der Waals surface area contributed by atoms with Crippen molar-refractivity contribution in [3.05, 3.63) is 97.1 Å². The number of H-pyrrole nitrogens is 2. The van der Waals surface area contributed by atoms with Crippen LogP contribution in [0.1, 0.15) is 0 Å². The van der Waals surface area contributed by atoms with Crippen LogP contribution in [0.4, 0.5) is 0 Å². The first-order valence-electron chi connectivity index (χ1n) is 13.0. The molecular weight excluding hydrogens is 627 g/mol. The van der Waals surface area contributed by atoms with Gasteiger partial charge in [0.2, 0.25) is 0 Å². The van der Waals surface area contributed by atoms with E-state index in [-0.39, 0.29) is 31.3 Å². The third kappa shape index (κ3) is 3.83. The van der Waals surface area contributed by atoms with Crippen molar-refractivity contribution in [2.45, 2.75) is 0 Å². The van der Waals surface area contributed by atoms with Gasteiger partial charge in [-0.15, -0.1) is 0 Å². The van der Waals surface area contributed by atoms with Crippen molar-refractivity contribution < 1.29 is 5.48 Å². The third-order valence-corrected chi connectivity index (χ3v) is 7.46. The van der Waals surface area contributed by atoms with Crippen molar-refractivity contribution in [1.82, 2.24) is 39.9 Å². The van der Waals surface area contributed by atoms with E-state index in [2.05, 4.69) is 9.97 Å². The molecule has 9 rings (SSSR count).